The van der Waals surface area contributed by atoms with Crippen molar-refractivity contribution in [2.45, 2.75) is 51.2 Å². The second-order valence-corrected chi connectivity index (χ2v) is 8.81. The zero-order valence-corrected chi connectivity index (χ0v) is 18.5. The number of rotatable bonds is 10. The van der Waals surface area contributed by atoms with Crippen molar-refractivity contribution in [3.63, 3.8) is 0 Å². The third kappa shape index (κ3) is 5.83. The van der Waals surface area contributed by atoms with Crippen LogP contribution in [0.25, 0.3) is 11.0 Å². The summed E-state index contributed by atoms with van der Waals surface area (Å²) in [5.41, 5.74) is 2.27. The number of aryl methyl sites for hydroxylation is 2. The smallest absolute Gasteiger partial charge is 0.309 e. The van der Waals surface area contributed by atoms with Crippen LogP contribution in [0.3, 0.4) is 0 Å². The summed E-state index contributed by atoms with van der Waals surface area (Å²) in [6.07, 6.45) is 2.00. The van der Waals surface area contributed by atoms with Crippen molar-refractivity contribution in [3.05, 3.63) is 53.9 Å². The van der Waals surface area contributed by atoms with Gasteiger partial charge in [0.05, 0.1) is 29.0 Å². The number of unbranched alkanes of at least 4 members (excludes halogenated alkanes) is 1. The van der Waals surface area contributed by atoms with Crippen molar-refractivity contribution >= 4 is 27.0 Å². The van der Waals surface area contributed by atoms with E-state index in [0.29, 0.717) is 17.9 Å². The Labute approximate surface area is 182 Å². The zero-order chi connectivity index (χ0) is 22.4. The van der Waals surface area contributed by atoms with Gasteiger partial charge in [0.15, 0.2) is 0 Å². The number of hydrogen-bond acceptors (Lipinski definition) is 6. The highest BCUT2D eigenvalue weighted by molar-refractivity contribution is 7.89. The molecule has 1 heterocycles. The van der Waals surface area contributed by atoms with Crippen molar-refractivity contribution in [1.82, 2.24) is 9.55 Å². The number of benzene rings is 2. The van der Waals surface area contributed by atoms with Gasteiger partial charge in [0.2, 0.25) is 10.0 Å². The number of imidazole rings is 1. The van der Waals surface area contributed by atoms with E-state index in [1.54, 1.807) is 6.07 Å². The van der Waals surface area contributed by atoms with Crippen LogP contribution in [0.2, 0.25) is 0 Å². The molecule has 0 radical (unpaired) electrons. The summed E-state index contributed by atoms with van der Waals surface area (Å²) in [6.45, 7) is 4.91. The third-order valence-electron chi connectivity index (χ3n) is 4.88. The van der Waals surface area contributed by atoms with Gasteiger partial charge in [-0.25, -0.2) is 18.5 Å². The van der Waals surface area contributed by atoms with Crippen LogP contribution in [-0.4, -0.2) is 30.5 Å². The van der Waals surface area contributed by atoms with Crippen LogP contribution in [0.1, 0.15) is 37.6 Å². The van der Waals surface area contributed by atoms with E-state index in [2.05, 4.69) is 11.9 Å². The lowest BCUT2D eigenvalue weighted by Crippen LogP contribution is -2.13. The maximum atomic E-state index is 12.2. The van der Waals surface area contributed by atoms with E-state index < -0.39 is 16.0 Å². The minimum atomic E-state index is -3.83. The van der Waals surface area contributed by atoms with Gasteiger partial charge in [-0.3, -0.25) is 4.79 Å². The van der Waals surface area contributed by atoms with E-state index in [4.69, 9.17) is 14.6 Å². The molecule has 0 bridgehead atoms. The summed E-state index contributed by atoms with van der Waals surface area (Å²) in [6, 6.07) is 12.2. The predicted molar refractivity (Wildman–Crippen MR) is 117 cm³/mol. The highest BCUT2D eigenvalue weighted by Crippen LogP contribution is 2.22. The lowest BCUT2D eigenvalue weighted by Gasteiger charge is -2.10. The molecule has 0 saturated carbocycles. The van der Waals surface area contributed by atoms with Gasteiger partial charge >= 0.3 is 5.97 Å². The van der Waals surface area contributed by atoms with E-state index in [-0.39, 0.29) is 24.5 Å². The van der Waals surface area contributed by atoms with Crippen LogP contribution < -0.4 is 9.88 Å². The first-order valence-corrected chi connectivity index (χ1v) is 11.7. The minimum absolute atomic E-state index is 0.00274. The molecule has 166 valence electrons. The summed E-state index contributed by atoms with van der Waals surface area (Å²) in [4.78, 5) is 16.7. The van der Waals surface area contributed by atoms with Crippen LogP contribution >= 0.6 is 0 Å². The summed E-state index contributed by atoms with van der Waals surface area (Å²) in [5.74, 6) is 0.901. The van der Waals surface area contributed by atoms with Gasteiger partial charge in [-0.15, -0.1) is 0 Å². The van der Waals surface area contributed by atoms with Gasteiger partial charge in [-0.05, 0) is 43.2 Å². The summed E-state index contributed by atoms with van der Waals surface area (Å²) in [7, 11) is -3.83. The zero-order valence-electron chi connectivity index (χ0n) is 17.7. The number of carbonyl (C=O) groups is 1. The van der Waals surface area contributed by atoms with Crippen molar-refractivity contribution in [3.8, 4) is 5.75 Å². The lowest BCUT2D eigenvalue weighted by atomic mass is 10.2. The normalized spacial score (nSPS) is 11.6. The second kappa shape index (κ2) is 9.93. The molecule has 0 saturated heterocycles. The number of esters is 1. The number of hydrogen-bond donors (Lipinski definition) is 1. The standard InChI is InChI=1S/C22H27N3O5S/c1-3-4-12-25-19-10-9-17(31(23,27)28)14-18(19)24-21(25)15-30-22(26)11-13-29-20-8-6-5-7-16(20)2/h5-10,14H,3-4,11-13,15H2,1-2H3,(H2,23,27,28). The molecule has 0 amide bonds. The number of aromatic nitrogens is 2. The fourth-order valence-electron chi connectivity index (χ4n) is 3.19. The van der Waals surface area contributed by atoms with Crippen LogP contribution in [0, 0.1) is 6.92 Å². The lowest BCUT2D eigenvalue weighted by molar-refractivity contribution is -0.145. The molecule has 0 spiro atoms. The largest absolute Gasteiger partial charge is 0.493 e. The maximum absolute atomic E-state index is 12.2. The Hall–Kier alpha value is -2.91. The highest BCUT2D eigenvalue weighted by atomic mass is 32.2. The van der Waals surface area contributed by atoms with E-state index in [1.807, 2.05) is 35.8 Å². The van der Waals surface area contributed by atoms with Crippen LogP contribution in [0.5, 0.6) is 5.75 Å². The Bertz CT molecular complexity index is 1170. The van der Waals surface area contributed by atoms with Gasteiger partial charge in [-0.2, -0.15) is 0 Å². The second-order valence-electron chi connectivity index (χ2n) is 7.25. The first-order chi connectivity index (χ1) is 14.8. The number of nitrogens with zero attached hydrogens (tertiary/aromatic N) is 2. The molecule has 3 rings (SSSR count). The molecule has 1 aromatic heterocycles. The first kappa shape index (κ1) is 22.8. The molecule has 31 heavy (non-hydrogen) atoms. The summed E-state index contributed by atoms with van der Waals surface area (Å²) >= 11 is 0. The number of para-hydroxylation sites is 1. The molecular formula is C22H27N3O5S. The quantitative estimate of drug-likeness (QED) is 0.479. The molecule has 0 unspecified atom stereocenters. The first-order valence-electron chi connectivity index (χ1n) is 10.2. The van der Waals surface area contributed by atoms with Crippen LogP contribution in [-0.2, 0) is 32.7 Å². The number of fused-ring (bicyclic) bond motifs is 1. The van der Waals surface area contributed by atoms with E-state index in [0.717, 1.165) is 29.7 Å². The Morgan fingerprint density at radius 1 is 1.19 bits per heavy atom. The molecule has 3 aromatic rings. The molecule has 0 aliphatic heterocycles. The number of sulfonamides is 1. The van der Waals surface area contributed by atoms with Crippen molar-refractivity contribution in [2.75, 3.05) is 6.61 Å². The Balaban J connectivity index is 1.67. The molecule has 0 atom stereocenters. The average molecular weight is 446 g/mol. The number of primary sulfonamides is 1. The number of nitrogens with two attached hydrogens (primary N) is 1. The predicted octanol–water partition coefficient (Wildman–Crippen LogP) is 3.30. The molecule has 2 N–H and O–H groups in total. The number of ether oxygens (including phenoxy) is 2. The van der Waals surface area contributed by atoms with Crippen LogP contribution in [0.15, 0.2) is 47.4 Å². The molecule has 0 aliphatic carbocycles. The van der Waals surface area contributed by atoms with Gasteiger partial charge < -0.3 is 14.0 Å². The van der Waals surface area contributed by atoms with Crippen molar-refractivity contribution in [2.24, 2.45) is 5.14 Å². The van der Waals surface area contributed by atoms with Crippen molar-refractivity contribution in [1.29, 1.82) is 0 Å². The monoisotopic (exact) mass is 445 g/mol. The highest BCUT2D eigenvalue weighted by Gasteiger charge is 2.16. The van der Waals surface area contributed by atoms with Gasteiger partial charge in [0.25, 0.3) is 0 Å². The van der Waals surface area contributed by atoms with E-state index >= 15 is 0 Å². The summed E-state index contributed by atoms with van der Waals surface area (Å²) in [5, 5.41) is 5.23. The van der Waals surface area contributed by atoms with Gasteiger partial charge in [0.1, 0.15) is 18.2 Å². The summed E-state index contributed by atoms with van der Waals surface area (Å²) < 4.78 is 36.3. The van der Waals surface area contributed by atoms with Gasteiger partial charge in [-0.1, -0.05) is 31.5 Å². The molecule has 8 nitrogen and oxygen atoms in total. The fourth-order valence-corrected chi connectivity index (χ4v) is 3.73. The van der Waals surface area contributed by atoms with Crippen LogP contribution in [0.4, 0.5) is 0 Å². The third-order valence-corrected chi connectivity index (χ3v) is 5.79. The fraction of sp³-hybridized carbons (Fsp3) is 0.364. The topological polar surface area (TPSA) is 114 Å². The SMILES string of the molecule is CCCCn1c(COC(=O)CCOc2ccccc2C)nc2cc(S(N)(=O)=O)ccc21. The van der Waals surface area contributed by atoms with E-state index in [1.165, 1.54) is 12.1 Å². The Kier molecular flexibility index (Phi) is 7.29. The molecule has 0 aliphatic rings. The van der Waals surface area contributed by atoms with E-state index in [9.17, 15) is 13.2 Å². The Morgan fingerprint density at radius 2 is 1.97 bits per heavy atom. The molecule has 0 fully saturated rings. The Morgan fingerprint density at radius 3 is 2.68 bits per heavy atom. The maximum Gasteiger partial charge on any atom is 0.309 e. The average Bonchev–Trinajstić information content (AvgIpc) is 3.08. The molecule has 2 aromatic carbocycles. The van der Waals surface area contributed by atoms with Gasteiger partial charge in [0, 0.05) is 6.54 Å². The van der Waals surface area contributed by atoms with Crippen molar-refractivity contribution < 1.29 is 22.7 Å². The minimum Gasteiger partial charge on any atom is -0.493 e. The number of carbonyl (C=O) groups excluding carboxylic acids is 1. The molecular weight excluding hydrogens is 418 g/mol. The molecule has 9 heteroatoms.